The van der Waals surface area contributed by atoms with Gasteiger partial charge < -0.3 is 9.57 Å². The molecule has 0 amide bonds. The van der Waals surface area contributed by atoms with Crippen molar-refractivity contribution in [3.8, 4) is 0 Å². The van der Waals surface area contributed by atoms with Crippen LogP contribution in [-0.4, -0.2) is 25.0 Å². The van der Waals surface area contributed by atoms with Crippen LogP contribution in [-0.2, 0) is 9.57 Å². The molecule has 2 bridgehead atoms. The second-order valence-corrected chi connectivity index (χ2v) is 7.16. The summed E-state index contributed by atoms with van der Waals surface area (Å²) in [7, 11) is 1.64. The normalized spacial score (nSPS) is 32.2. The molecule has 4 atom stereocenters. The third-order valence-electron chi connectivity index (χ3n) is 4.74. The lowest BCUT2D eigenvalue weighted by atomic mass is 9.76. The molecule has 4 heteroatoms. The highest BCUT2D eigenvalue weighted by Gasteiger charge is 2.45. The number of rotatable bonds is 4. The fourth-order valence-corrected chi connectivity index (χ4v) is 4.20. The maximum absolute atomic E-state index is 6.18. The summed E-state index contributed by atoms with van der Waals surface area (Å²) in [5.41, 5.74) is 2.56. The van der Waals surface area contributed by atoms with Crippen molar-refractivity contribution in [1.29, 1.82) is 0 Å². The topological polar surface area (TPSA) is 30.8 Å². The lowest BCUT2D eigenvalue weighted by Crippen LogP contribution is -2.39. The van der Waals surface area contributed by atoms with Crippen molar-refractivity contribution in [3.05, 3.63) is 33.4 Å². The number of nitrogens with zero attached hydrogens (tertiary/aromatic N) is 1. The summed E-state index contributed by atoms with van der Waals surface area (Å²) in [6.45, 7) is 2.16. The number of oxime groups is 1. The second kappa shape index (κ2) is 6.65. The van der Waals surface area contributed by atoms with Crippen molar-refractivity contribution < 1.29 is 9.57 Å². The first-order chi connectivity index (χ1) is 10.2. The van der Waals surface area contributed by atoms with Gasteiger partial charge in [0.25, 0.3) is 0 Å². The molecule has 0 radical (unpaired) electrons. The molecule has 1 aromatic rings. The first kappa shape index (κ1) is 15.3. The molecule has 21 heavy (non-hydrogen) atoms. The minimum Gasteiger partial charge on any atom is -0.399 e. The van der Waals surface area contributed by atoms with Gasteiger partial charge >= 0.3 is 0 Å². The van der Waals surface area contributed by atoms with Gasteiger partial charge in [-0.15, -0.1) is 0 Å². The van der Waals surface area contributed by atoms with E-state index < -0.39 is 0 Å². The van der Waals surface area contributed by atoms with Crippen molar-refractivity contribution in [2.75, 3.05) is 7.11 Å². The van der Waals surface area contributed by atoms with E-state index in [1.807, 2.05) is 0 Å². The molecule has 0 saturated carbocycles. The molecule has 1 unspecified atom stereocenters. The molecule has 1 aromatic carbocycles. The van der Waals surface area contributed by atoms with Gasteiger partial charge in [0.05, 0.1) is 17.9 Å². The zero-order valence-corrected chi connectivity index (χ0v) is 14.7. The van der Waals surface area contributed by atoms with E-state index in [4.69, 9.17) is 9.57 Å². The van der Waals surface area contributed by atoms with E-state index >= 15 is 0 Å². The SMILES string of the molecule is CCC(=NOC)[C@H]1[C@@H](c2ccc(I)cc2)CC2CC[C@H]1O2. The summed E-state index contributed by atoms with van der Waals surface area (Å²) in [4.78, 5) is 5.09. The molecule has 2 aliphatic rings. The Morgan fingerprint density at radius 3 is 2.76 bits per heavy atom. The third kappa shape index (κ3) is 3.11. The monoisotopic (exact) mass is 399 g/mol. The lowest BCUT2D eigenvalue weighted by molar-refractivity contribution is -0.0249. The van der Waals surface area contributed by atoms with Gasteiger partial charge in [-0.3, -0.25) is 0 Å². The zero-order valence-electron chi connectivity index (χ0n) is 12.6. The van der Waals surface area contributed by atoms with Gasteiger partial charge in [0.2, 0.25) is 0 Å². The molecule has 3 rings (SSSR count). The Balaban J connectivity index is 1.95. The highest BCUT2D eigenvalue weighted by molar-refractivity contribution is 14.1. The second-order valence-electron chi connectivity index (χ2n) is 5.91. The summed E-state index contributed by atoms with van der Waals surface area (Å²) >= 11 is 2.36. The van der Waals surface area contributed by atoms with E-state index in [9.17, 15) is 0 Å². The van der Waals surface area contributed by atoms with Crippen LogP contribution in [0.25, 0.3) is 0 Å². The Hall–Kier alpha value is -0.620. The first-order valence-corrected chi connectivity index (χ1v) is 8.81. The van der Waals surface area contributed by atoms with Crippen molar-refractivity contribution in [2.45, 2.75) is 50.7 Å². The summed E-state index contributed by atoms with van der Waals surface area (Å²) < 4.78 is 7.46. The predicted octanol–water partition coefficient (Wildman–Crippen LogP) is 4.35. The largest absolute Gasteiger partial charge is 0.399 e. The van der Waals surface area contributed by atoms with E-state index in [1.54, 1.807) is 7.11 Å². The van der Waals surface area contributed by atoms with Crippen molar-refractivity contribution in [1.82, 2.24) is 0 Å². The van der Waals surface area contributed by atoms with Crippen LogP contribution in [0.2, 0.25) is 0 Å². The molecule has 2 fully saturated rings. The molecular formula is C17H22INO2. The van der Waals surface area contributed by atoms with Crippen molar-refractivity contribution in [2.24, 2.45) is 11.1 Å². The summed E-state index contributed by atoms with van der Waals surface area (Å²) in [5, 5.41) is 4.31. The Bertz CT molecular complexity index is 514. The molecular weight excluding hydrogens is 377 g/mol. The summed E-state index contributed by atoms with van der Waals surface area (Å²) in [5.74, 6) is 0.857. The fourth-order valence-electron chi connectivity index (χ4n) is 3.84. The molecule has 0 aromatic heterocycles. The average molecular weight is 399 g/mol. The van der Waals surface area contributed by atoms with Gasteiger partial charge in [0.15, 0.2) is 0 Å². The van der Waals surface area contributed by atoms with Gasteiger partial charge in [-0.1, -0.05) is 24.2 Å². The minimum absolute atomic E-state index is 0.307. The van der Waals surface area contributed by atoms with Crippen LogP contribution in [0, 0.1) is 9.49 Å². The number of hydrogen-bond acceptors (Lipinski definition) is 3. The van der Waals surface area contributed by atoms with Gasteiger partial charge in [-0.2, -0.15) is 0 Å². The Morgan fingerprint density at radius 2 is 2.10 bits per heavy atom. The molecule has 0 aliphatic carbocycles. The van der Waals surface area contributed by atoms with Gasteiger partial charge in [0, 0.05) is 9.49 Å². The van der Waals surface area contributed by atoms with Crippen LogP contribution < -0.4 is 0 Å². The molecule has 0 N–H and O–H groups in total. The van der Waals surface area contributed by atoms with Crippen LogP contribution in [0.15, 0.2) is 29.4 Å². The molecule has 114 valence electrons. The standard InChI is InChI=1S/C17H22INO2/c1-3-15(19-20-2)17-14(10-13-8-9-16(17)21-13)11-4-6-12(18)7-5-11/h4-7,13-14,16-17H,3,8-10H2,1-2H3/t13?,14-,16-,17-/m1/s1. The van der Waals surface area contributed by atoms with Crippen molar-refractivity contribution >= 4 is 28.3 Å². The van der Waals surface area contributed by atoms with E-state index in [0.29, 0.717) is 24.0 Å². The highest BCUT2D eigenvalue weighted by atomic mass is 127. The van der Waals surface area contributed by atoms with E-state index in [1.165, 1.54) is 15.6 Å². The predicted molar refractivity (Wildman–Crippen MR) is 92.6 cm³/mol. The van der Waals surface area contributed by atoms with Crippen molar-refractivity contribution in [3.63, 3.8) is 0 Å². The number of halogens is 1. The van der Waals surface area contributed by atoms with E-state index in [0.717, 1.165) is 25.0 Å². The van der Waals surface area contributed by atoms with E-state index in [-0.39, 0.29) is 0 Å². The summed E-state index contributed by atoms with van der Waals surface area (Å²) in [6, 6.07) is 8.93. The molecule has 2 heterocycles. The number of fused-ring (bicyclic) bond motifs is 2. The maximum atomic E-state index is 6.18. The fraction of sp³-hybridized carbons (Fsp3) is 0.588. The maximum Gasteiger partial charge on any atom is 0.106 e. The van der Waals surface area contributed by atoms with Crippen LogP contribution >= 0.6 is 22.6 Å². The van der Waals surface area contributed by atoms with Crippen LogP contribution in [0.4, 0.5) is 0 Å². The van der Waals surface area contributed by atoms with Crippen LogP contribution in [0.1, 0.15) is 44.1 Å². The van der Waals surface area contributed by atoms with Crippen LogP contribution in [0.5, 0.6) is 0 Å². The first-order valence-electron chi connectivity index (χ1n) is 7.73. The van der Waals surface area contributed by atoms with Gasteiger partial charge in [-0.05, 0) is 71.9 Å². The molecule has 2 saturated heterocycles. The quantitative estimate of drug-likeness (QED) is 0.428. The summed E-state index contributed by atoms with van der Waals surface area (Å²) in [6.07, 6.45) is 5.09. The Kier molecular flexibility index (Phi) is 4.84. The number of hydrogen-bond donors (Lipinski definition) is 0. The van der Waals surface area contributed by atoms with Gasteiger partial charge in [0.1, 0.15) is 7.11 Å². The van der Waals surface area contributed by atoms with Crippen LogP contribution in [0.3, 0.4) is 0 Å². The lowest BCUT2D eigenvalue weighted by Gasteiger charge is -2.37. The number of ether oxygens (including phenoxy) is 1. The highest BCUT2D eigenvalue weighted by Crippen LogP contribution is 2.46. The third-order valence-corrected chi connectivity index (χ3v) is 5.46. The zero-order chi connectivity index (χ0) is 14.8. The Morgan fingerprint density at radius 1 is 1.33 bits per heavy atom. The Labute approximate surface area is 140 Å². The number of benzene rings is 1. The molecule has 2 aliphatic heterocycles. The average Bonchev–Trinajstić information content (AvgIpc) is 2.88. The molecule has 3 nitrogen and oxygen atoms in total. The molecule has 0 spiro atoms. The van der Waals surface area contributed by atoms with Gasteiger partial charge in [-0.25, -0.2) is 0 Å². The smallest absolute Gasteiger partial charge is 0.106 e. The minimum atomic E-state index is 0.307. The van der Waals surface area contributed by atoms with E-state index in [2.05, 4.69) is 58.9 Å².